The summed E-state index contributed by atoms with van der Waals surface area (Å²) in [5, 5.41) is 6.41. The zero-order valence-electron chi connectivity index (χ0n) is 12.8. The Labute approximate surface area is 139 Å². The van der Waals surface area contributed by atoms with Crippen molar-refractivity contribution in [2.45, 2.75) is 4.90 Å². The van der Waals surface area contributed by atoms with Gasteiger partial charge in [0.15, 0.2) is 9.84 Å². The van der Waals surface area contributed by atoms with Crippen molar-refractivity contribution in [2.75, 3.05) is 11.6 Å². The zero-order chi connectivity index (χ0) is 17.2. The fourth-order valence-electron chi connectivity index (χ4n) is 2.20. The van der Waals surface area contributed by atoms with Crippen LogP contribution < -0.4 is 5.32 Å². The number of hydrogen-bond acceptors (Lipinski definition) is 5. The molecule has 0 aliphatic rings. The first-order valence-electron chi connectivity index (χ1n) is 7.08. The van der Waals surface area contributed by atoms with Crippen LogP contribution in [0.25, 0.3) is 11.3 Å². The Morgan fingerprint density at radius 2 is 1.71 bits per heavy atom. The van der Waals surface area contributed by atoms with Crippen LogP contribution in [0, 0.1) is 0 Å². The van der Waals surface area contributed by atoms with Crippen molar-refractivity contribution in [3.05, 3.63) is 66.4 Å². The highest BCUT2D eigenvalue weighted by Crippen LogP contribution is 2.23. The summed E-state index contributed by atoms with van der Waals surface area (Å²) < 4.78 is 28.6. The number of aromatic nitrogens is 1. The second-order valence-electron chi connectivity index (χ2n) is 5.16. The molecule has 0 saturated heterocycles. The Morgan fingerprint density at radius 1 is 1.04 bits per heavy atom. The maximum absolute atomic E-state index is 12.3. The third-order valence-electron chi connectivity index (χ3n) is 3.34. The molecule has 1 heterocycles. The van der Waals surface area contributed by atoms with Crippen LogP contribution in [0.5, 0.6) is 0 Å². The first kappa shape index (κ1) is 15.9. The van der Waals surface area contributed by atoms with E-state index in [-0.39, 0.29) is 16.3 Å². The van der Waals surface area contributed by atoms with Crippen molar-refractivity contribution in [3.63, 3.8) is 0 Å². The number of nitrogens with zero attached hydrogens (tertiary/aromatic N) is 1. The molecule has 3 rings (SSSR count). The lowest BCUT2D eigenvalue weighted by Gasteiger charge is -2.07. The van der Waals surface area contributed by atoms with Gasteiger partial charge in [0.25, 0.3) is 5.91 Å². The van der Waals surface area contributed by atoms with Crippen LogP contribution in [-0.4, -0.2) is 25.7 Å². The fourth-order valence-corrected chi connectivity index (χ4v) is 3.05. The average Bonchev–Trinajstić information content (AvgIpc) is 3.05. The minimum absolute atomic E-state index is 0.00263. The van der Waals surface area contributed by atoms with Gasteiger partial charge in [0.1, 0.15) is 5.69 Å². The van der Waals surface area contributed by atoms with Gasteiger partial charge in [-0.3, -0.25) is 4.79 Å². The summed E-state index contributed by atoms with van der Waals surface area (Å²) in [4.78, 5) is 12.3. The molecule has 6 nitrogen and oxygen atoms in total. The number of amides is 1. The molecule has 0 aliphatic carbocycles. The molecule has 0 fully saturated rings. The molecule has 2 aromatic carbocycles. The van der Waals surface area contributed by atoms with E-state index in [0.717, 1.165) is 11.8 Å². The molecule has 0 unspecified atom stereocenters. The number of carbonyl (C=O) groups excluding carboxylic acids is 1. The van der Waals surface area contributed by atoms with E-state index < -0.39 is 15.7 Å². The second kappa shape index (κ2) is 6.29. The fraction of sp³-hybridized carbons (Fsp3) is 0.0588. The summed E-state index contributed by atoms with van der Waals surface area (Å²) in [5.41, 5.74) is 1.54. The van der Waals surface area contributed by atoms with E-state index in [2.05, 4.69) is 10.5 Å². The van der Waals surface area contributed by atoms with E-state index in [0.29, 0.717) is 5.69 Å². The van der Waals surface area contributed by atoms with Crippen molar-refractivity contribution in [3.8, 4) is 11.3 Å². The molecule has 1 N–H and O–H groups in total. The first-order chi connectivity index (χ1) is 11.4. The van der Waals surface area contributed by atoms with Gasteiger partial charge >= 0.3 is 0 Å². The smallest absolute Gasteiger partial charge is 0.294 e. The second-order valence-corrected chi connectivity index (χ2v) is 7.15. The lowest BCUT2D eigenvalue weighted by atomic mass is 10.1. The molecular weight excluding hydrogens is 328 g/mol. The monoisotopic (exact) mass is 342 g/mol. The van der Waals surface area contributed by atoms with Crippen LogP contribution >= 0.6 is 0 Å². The highest BCUT2D eigenvalue weighted by Gasteiger charge is 2.18. The SMILES string of the molecule is CS(=O)(=O)c1ccccc1NC(=O)c1cc(-c2ccccc2)no1. The van der Waals surface area contributed by atoms with E-state index in [1.807, 2.05) is 30.3 Å². The standard InChI is InChI=1S/C17H14N2O4S/c1-24(21,22)16-10-6-5-9-13(16)18-17(20)15-11-14(19-23-15)12-7-3-2-4-8-12/h2-11H,1H3,(H,18,20). The highest BCUT2D eigenvalue weighted by atomic mass is 32.2. The van der Waals surface area contributed by atoms with E-state index >= 15 is 0 Å². The highest BCUT2D eigenvalue weighted by molar-refractivity contribution is 7.90. The predicted octanol–water partition coefficient (Wildman–Crippen LogP) is 3.00. The van der Waals surface area contributed by atoms with Gasteiger partial charge < -0.3 is 9.84 Å². The minimum atomic E-state index is -3.46. The molecule has 0 bridgehead atoms. The number of rotatable bonds is 4. The van der Waals surface area contributed by atoms with Gasteiger partial charge in [0, 0.05) is 17.9 Å². The van der Waals surface area contributed by atoms with Gasteiger partial charge in [-0.1, -0.05) is 47.6 Å². The molecule has 7 heteroatoms. The van der Waals surface area contributed by atoms with Crippen LogP contribution in [0.2, 0.25) is 0 Å². The molecule has 0 radical (unpaired) electrons. The maximum atomic E-state index is 12.3. The molecule has 3 aromatic rings. The molecule has 122 valence electrons. The Hall–Kier alpha value is -2.93. The summed E-state index contributed by atoms with van der Waals surface area (Å²) in [6, 6.07) is 17.0. The van der Waals surface area contributed by atoms with Gasteiger partial charge in [-0.2, -0.15) is 0 Å². The van der Waals surface area contributed by atoms with Gasteiger partial charge in [-0.25, -0.2) is 8.42 Å². The number of carbonyl (C=O) groups is 1. The minimum Gasteiger partial charge on any atom is -0.350 e. The molecule has 0 saturated carbocycles. The van der Waals surface area contributed by atoms with Crippen LogP contribution in [-0.2, 0) is 9.84 Å². The largest absolute Gasteiger partial charge is 0.350 e. The molecule has 24 heavy (non-hydrogen) atoms. The van der Waals surface area contributed by atoms with Crippen molar-refractivity contribution in [1.29, 1.82) is 0 Å². The number of para-hydroxylation sites is 1. The Morgan fingerprint density at radius 3 is 2.42 bits per heavy atom. The lowest BCUT2D eigenvalue weighted by Crippen LogP contribution is -2.13. The van der Waals surface area contributed by atoms with Crippen molar-refractivity contribution < 1.29 is 17.7 Å². The molecule has 1 aromatic heterocycles. The molecule has 0 aliphatic heterocycles. The van der Waals surface area contributed by atoms with Crippen molar-refractivity contribution in [2.24, 2.45) is 0 Å². The number of sulfone groups is 1. The Balaban J connectivity index is 1.86. The summed E-state index contributed by atoms with van der Waals surface area (Å²) in [6.07, 6.45) is 1.08. The van der Waals surface area contributed by atoms with E-state index in [4.69, 9.17) is 4.52 Å². The van der Waals surface area contributed by atoms with Crippen molar-refractivity contribution >= 4 is 21.4 Å². The number of anilines is 1. The van der Waals surface area contributed by atoms with E-state index in [9.17, 15) is 13.2 Å². The summed E-state index contributed by atoms with van der Waals surface area (Å²) in [6.45, 7) is 0. The molecule has 0 atom stereocenters. The van der Waals surface area contributed by atoms with Crippen LogP contribution in [0.3, 0.4) is 0 Å². The third-order valence-corrected chi connectivity index (χ3v) is 4.49. The first-order valence-corrected chi connectivity index (χ1v) is 8.97. The third kappa shape index (κ3) is 3.36. The van der Waals surface area contributed by atoms with Crippen LogP contribution in [0.4, 0.5) is 5.69 Å². The van der Waals surface area contributed by atoms with E-state index in [1.54, 1.807) is 12.1 Å². The topological polar surface area (TPSA) is 89.3 Å². The maximum Gasteiger partial charge on any atom is 0.294 e. The Kier molecular flexibility index (Phi) is 4.18. The summed E-state index contributed by atoms with van der Waals surface area (Å²) >= 11 is 0. The van der Waals surface area contributed by atoms with Crippen molar-refractivity contribution in [1.82, 2.24) is 5.16 Å². The van der Waals surface area contributed by atoms with Crippen LogP contribution in [0.15, 0.2) is 70.1 Å². The number of nitrogens with one attached hydrogen (secondary N) is 1. The van der Waals surface area contributed by atoms with Gasteiger partial charge in [0.2, 0.25) is 5.76 Å². The normalized spacial score (nSPS) is 11.2. The quantitative estimate of drug-likeness (QED) is 0.787. The molecule has 1 amide bonds. The lowest BCUT2D eigenvalue weighted by molar-refractivity contribution is 0.0988. The summed E-state index contributed by atoms with van der Waals surface area (Å²) in [5.74, 6) is -0.571. The van der Waals surface area contributed by atoms with Gasteiger partial charge in [-0.15, -0.1) is 0 Å². The van der Waals surface area contributed by atoms with Gasteiger partial charge in [-0.05, 0) is 12.1 Å². The number of benzene rings is 2. The summed E-state index contributed by atoms with van der Waals surface area (Å²) in [7, 11) is -3.46. The number of hydrogen-bond donors (Lipinski definition) is 1. The van der Waals surface area contributed by atoms with E-state index in [1.165, 1.54) is 18.2 Å². The Bertz CT molecular complexity index is 979. The zero-order valence-corrected chi connectivity index (χ0v) is 13.6. The molecular formula is C17H14N2O4S. The van der Waals surface area contributed by atoms with Crippen LogP contribution in [0.1, 0.15) is 10.6 Å². The predicted molar refractivity (Wildman–Crippen MR) is 89.4 cm³/mol. The van der Waals surface area contributed by atoms with Gasteiger partial charge in [0.05, 0.1) is 10.6 Å². The molecule has 0 spiro atoms. The average molecular weight is 342 g/mol.